The van der Waals surface area contributed by atoms with Gasteiger partial charge in [-0.1, -0.05) is 80.4 Å². The zero-order chi connectivity index (χ0) is 15.8. The molecule has 0 aromatic heterocycles. The maximum absolute atomic E-state index is 3.65. The Morgan fingerprint density at radius 3 is 1.48 bits per heavy atom. The molecule has 0 bridgehead atoms. The molecule has 0 unspecified atom stereocenters. The Bertz CT molecular complexity index is 935. The van der Waals surface area contributed by atoms with E-state index < -0.39 is 0 Å². The molecule has 4 aromatic rings. The molecule has 0 spiro atoms. The monoisotopic (exact) mass is 424 g/mol. The first kappa shape index (κ1) is 14.9. The van der Waals surface area contributed by atoms with E-state index in [2.05, 4.69) is 105 Å². The minimum Gasteiger partial charge on any atom is -0.0616 e. The van der Waals surface area contributed by atoms with Crippen LogP contribution in [-0.2, 0) is 6.42 Å². The third kappa shape index (κ3) is 2.93. The van der Waals surface area contributed by atoms with Crippen molar-refractivity contribution in [1.82, 2.24) is 0 Å². The highest BCUT2D eigenvalue weighted by Gasteiger charge is 2.08. The Morgan fingerprint density at radius 2 is 1.00 bits per heavy atom. The van der Waals surface area contributed by atoms with E-state index in [0.717, 1.165) is 15.4 Å². The Labute approximate surface area is 152 Å². The molecule has 0 heterocycles. The summed E-state index contributed by atoms with van der Waals surface area (Å²) in [6.07, 6.45) is 0.917. The lowest BCUT2D eigenvalue weighted by Crippen LogP contribution is -1.92. The minimum atomic E-state index is 0.917. The summed E-state index contributed by atoms with van der Waals surface area (Å²) in [6, 6.07) is 26.0. The van der Waals surface area contributed by atoms with E-state index >= 15 is 0 Å². The smallest absolute Gasteiger partial charge is 0.0184 e. The second-order valence-corrected chi connectivity index (χ2v) is 7.58. The van der Waals surface area contributed by atoms with Crippen molar-refractivity contribution >= 4 is 53.4 Å². The van der Waals surface area contributed by atoms with Gasteiger partial charge in [-0.05, 0) is 63.4 Å². The standard InChI is InChI=1S/C21H14Br2/c22-18-10-14-5-1-3-7-20(14)16(12-18)9-17-13-19(23)11-15-6-2-4-8-21(15)17/h1-8,10-13H,9H2. The quantitative estimate of drug-likeness (QED) is 0.321. The zero-order valence-electron chi connectivity index (χ0n) is 12.4. The van der Waals surface area contributed by atoms with Gasteiger partial charge in [0, 0.05) is 8.95 Å². The molecule has 0 aliphatic heterocycles. The van der Waals surface area contributed by atoms with E-state index in [1.807, 2.05) is 0 Å². The van der Waals surface area contributed by atoms with Crippen LogP contribution in [0.5, 0.6) is 0 Å². The van der Waals surface area contributed by atoms with Crippen molar-refractivity contribution in [2.24, 2.45) is 0 Å². The van der Waals surface area contributed by atoms with Crippen LogP contribution in [0.25, 0.3) is 21.5 Å². The molecule has 4 aromatic carbocycles. The summed E-state index contributed by atoms with van der Waals surface area (Å²) in [5, 5.41) is 5.19. The van der Waals surface area contributed by atoms with E-state index in [-0.39, 0.29) is 0 Å². The summed E-state index contributed by atoms with van der Waals surface area (Å²) in [4.78, 5) is 0. The third-order valence-electron chi connectivity index (χ3n) is 4.21. The molecule has 23 heavy (non-hydrogen) atoms. The number of benzene rings is 4. The van der Waals surface area contributed by atoms with E-state index in [0.29, 0.717) is 0 Å². The molecule has 0 aliphatic carbocycles. The van der Waals surface area contributed by atoms with Gasteiger partial charge in [0.25, 0.3) is 0 Å². The van der Waals surface area contributed by atoms with Crippen molar-refractivity contribution in [3.8, 4) is 0 Å². The van der Waals surface area contributed by atoms with Gasteiger partial charge >= 0.3 is 0 Å². The van der Waals surface area contributed by atoms with Gasteiger partial charge in [-0.2, -0.15) is 0 Å². The molecule has 4 rings (SSSR count). The van der Waals surface area contributed by atoms with Gasteiger partial charge < -0.3 is 0 Å². The lowest BCUT2D eigenvalue weighted by Gasteiger charge is -2.11. The molecule has 112 valence electrons. The average Bonchev–Trinajstić information content (AvgIpc) is 2.54. The predicted molar refractivity (Wildman–Crippen MR) is 106 cm³/mol. The van der Waals surface area contributed by atoms with Crippen LogP contribution in [0.2, 0.25) is 0 Å². The number of hydrogen-bond acceptors (Lipinski definition) is 0. The minimum absolute atomic E-state index is 0.917. The lowest BCUT2D eigenvalue weighted by molar-refractivity contribution is 1.23. The highest BCUT2D eigenvalue weighted by molar-refractivity contribution is 9.10. The van der Waals surface area contributed by atoms with Crippen LogP contribution in [-0.4, -0.2) is 0 Å². The van der Waals surface area contributed by atoms with Crippen LogP contribution in [0.15, 0.2) is 81.7 Å². The lowest BCUT2D eigenvalue weighted by atomic mass is 9.95. The summed E-state index contributed by atoms with van der Waals surface area (Å²) in [5.41, 5.74) is 2.69. The van der Waals surface area contributed by atoms with Crippen molar-refractivity contribution in [3.05, 3.63) is 92.9 Å². The second-order valence-electron chi connectivity index (χ2n) is 5.75. The van der Waals surface area contributed by atoms with Gasteiger partial charge in [0.2, 0.25) is 0 Å². The normalized spacial score (nSPS) is 11.2. The van der Waals surface area contributed by atoms with Crippen LogP contribution >= 0.6 is 31.9 Å². The van der Waals surface area contributed by atoms with E-state index in [9.17, 15) is 0 Å². The Balaban J connectivity index is 1.92. The summed E-state index contributed by atoms with van der Waals surface area (Å²) >= 11 is 7.30. The third-order valence-corrected chi connectivity index (χ3v) is 5.12. The summed E-state index contributed by atoms with van der Waals surface area (Å²) in [5.74, 6) is 0. The number of fused-ring (bicyclic) bond motifs is 2. The molecule has 0 saturated heterocycles. The van der Waals surface area contributed by atoms with Crippen LogP contribution in [0.1, 0.15) is 11.1 Å². The Kier molecular flexibility index (Phi) is 3.96. The fraction of sp³-hybridized carbons (Fsp3) is 0.0476. The zero-order valence-corrected chi connectivity index (χ0v) is 15.6. The van der Waals surface area contributed by atoms with Crippen molar-refractivity contribution in [2.75, 3.05) is 0 Å². The molecule has 0 nitrogen and oxygen atoms in total. The number of halogens is 2. The molecule has 0 atom stereocenters. The summed E-state index contributed by atoms with van der Waals surface area (Å²) in [6.45, 7) is 0. The Morgan fingerprint density at radius 1 is 0.565 bits per heavy atom. The largest absolute Gasteiger partial charge is 0.0616 e. The molecule has 0 radical (unpaired) electrons. The van der Waals surface area contributed by atoms with Crippen LogP contribution < -0.4 is 0 Å². The molecular formula is C21H14Br2. The highest BCUT2D eigenvalue weighted by atomic mass is 79.9. The van der Waals surface area contributed by atoms with Crippen LogP contribution in [0.4, 0.5) is 0 Å². The molecule has 0 saturated carbocycles. The van der Waals surface area contributed by atoms with Crippen molar-refractivity contribution in [1.29, 1.82) is 0 Å². The van der Waals surface area contributed by atoms with Crippen molar-refractivity contribution in [2.45, 2.75) is 6.42 Å². The van der Waals surface area contributed by atoms with Gasteiger partial charge in [0.05, 0.1) is 0 Å². The van der Waals surface area contributed by atoms with Gasteiger partial charge in [-0.25, -0.2) is 0 Å². The molecule has 0 N–H and O–H groups in total. The van der Waals surface area contributed by atoms with Crippen LogP contribution in [0.3, 0.4) is 0 Å². The SMILES string of the molecule is Brc1cc(Cc2cc(Br)cc3ccccc23)c2ccccc2c1. The maximum Gasteiger partial charge on any atom is 0.0184 e. The number of rotatable bonds is 2. The maximum atomic E-state index is 3.65. The van der Waals surface area contributed by atoms with Gasteiger partial charge in [0.1, 0.15) is 0 Å². The Hall–Kier alpha value is -1.64. The topological polar surface area (TPSA) is 0 Å². The summed E-state index contributed by atoms with van der Waals surface area (Å²) in [7, 11) is 0. The second kappa shape index (κ2) is 6.10. The van der Waals surface area contributed by atoms with E-state index in [4.69, 9.17) is 0 Å². The van der Waals surface area contributed by atoms with Gasteiger partial charge in [-0.3, -0.25) is 0 Å². The predicted octanol–water partition coefficient (Wildman–Crippen LogP) is 7.11. The molecule has 0 fully saturated rings. The van der Waals surface area contributed by atoms with Gasteiger partial charge in [-0.15, -0.1) is 0 Å². The van der Waals surface area contributed by atoms with Crippen molar-refractivity contribution < 1.29 is 0 Å². The average molecular weight is 426 g/mol. The fourth-order valence-electron chi connectivity index (χ4n) is 3.20. The van der Waals surface area contributed by atoms with E-state index in [1.54, 1.807) is 0 Å². The molecular weight excluding hydrogens is 412 g/mol. The van der Waals surface area contributed by atoms with Crippen molar-refractivity contribution in [3.63, 3.8) is 0 Å². The van der Waals surface area contributed by atoms with Crippen LogP contribution in [0, 0.1) is 0 Å². The highest BCUT2D eigenvalue weighted by Crippen LogP contribution is 2.30. The molecule has 2 heteroatoms. The fourth-order valence-corrected chi connectivity index (χ4v) is 4.24. The molecule has 0 amide bonds. The first-order valence-electron chi connectivity index (χ1n) is 7.55. The van der Waals surface area contributed by atoms with E-state index in [1.165, 1.54) is 32.7 Å². The summed E-state index contributed by atoms with van der Waals surface area (Å²) < 4.78 is 2.26. The number of hydrogen-bond donors (Lipinski definition) is 0. The molecule has 0 aliphatic rings. The van der Waals surface area contributed by atoms with Gasteiger partial charge in [0.15, 0.2) is 0 Å². The first-order chi connectivity index (χ1) is 11.2. The first-order valence-corrected chi connectivity index (χ1v) is 9.14.